The first-order valence-corrected chi connectivity index (χ1v) is 7.59. The molecule has 0 saturated carbocycles. The van der Waals surface area contributed by atoms with Gasteiger partial charge in [0.2, 0.25) is 0 Å². The maximum Gasteiger partial charge on any atom is 0.299 e. The molecule has 0 aliphatic carbocycles. The van der Waals surface area contributed by atoms with Gasteiger partial charge in [0.05, 0.1) is 21.9 Å². The number of hydrogen-bond acceptors (Lipinski definition) is 6. The molecule has 9 heteroatoms. The van der Waals surface area contributed by atoms with Crippen molar-refractivity contribution in [1.29, 1.82) is 0 Å². The molecule has 0 aromatic heterocycles. The highest BCUT2D eigenvalue weighted by Crippen LogP contribution is 2.31. The lowest BCUT2D eigenvalue weighted by molar-refractivity contribution is -0.384. The summed E-state index contributed by atoms with van der Waals surface area (Å²) in [4.78, 5) is 34.5. The first-order chi connectivity index (χ1) is 9.20. The molecule has 8 nitrogen and oxygen atoms in total. The number of benzene rings is 1. The van der Waals surface area contributed by atoms with Crippen molar-refractivity contribution in [1.82, 2.24) is 0 Å². The van der Waals surface area contributed by atoms with Gasteiger partial charge in [0.15, 0.2) is 0 Å². The second kappa shape index (κ2) is 4.67. The number of carbonyl (C=O) groups is 2. The normalized spacial score (nSPS) is 14.6. The molecule has 0 saturated heterocycles. The summed E-state index contributed by atoms with van der Waals surface area (Å²) in [5.41, 5.74) is -0.165. The Kier molecular flexibility index (Phi) is 3.30. The fraction of sp³-hybridized carbons (Fsp3) is 0.273. The van der Waals surface area contributed by atoms with E-state index >= 15 is 0 Å². The SMILES string of the molecule is CS(=O)(=O)CCN1C(=O)C(=O)c2cc([N+](=O)[O-])ccc21. The number of rotatable bonds is 4. The third-order valence-electron chi connectivity index (χ3n) is 2.85. The van der Waals surface area contributed by atoms with E-state index in [9.17, 15) is 28.1 Å². The number of nitro benzene ring substituents is 1. The Bertz CT molecular complexity index is 724. The molecule has 0 unspecified atom stereocenters. The van der Waals surface area contributed by atoms with Crippen LogP contribution in [-0.2, 0) is 14.6 Å². The number of amides is 1. The van der Waals surface area contributed by atoms with Gasteiger partial charge >= 0.3 is 0 Å². The van der Waals surface area contributed by atoms with Gasteiger partial charge in [-0.2, -0.15) is 0 Å². The number of sulfone groups is 1. The van der Waals surface area contributed by atoms with Crippen molar-refractivity contribution in [2.45, 2.75) is 0 Å². The molecule has 0 N–H and O–H groups in total. The zero-order chi connectivity index (χ0) is 15.1. The summed E-state index contributed by atoms with van der Waals surface area (Å²) in [6, 6.07) is 3.46. The molecule has 1 heterocycles. The molecule has 1 aromatic carbocycles. The summed E-state index contributed by atoms with van der Waals surface area (Å²) >= 11 is 0. The van der Waals surface area contributed by atoms with E-state index in [2.05, 4.69) is 0 Å². The van der Waals surface area contributed by atoms with E-state index < -0.39 is 26.5 Å². The summed E-state index contributed by atoms with van der Waals surface area (Å²) in [6.07, 6.45) is 1.02. The lowest BCUT2D eigenvalue weighted by atomic mass is 10.1. The van der Waals surface area contributed by atoms with Crippen LogP contribution in [0.2, 0.25) is 0 Å². The minimum Gasteiger partial charge on any atom is -0.304 e. The van der Waals surface area contributed by atoms with E-state index in [1.54, 1.807) is 0 Å². The minimum atomic E-state index is -3.29. The van der Waals surface area contributed by atoms with Crippen LogP contribution in [0.1, 0.15) is 10.4 Å². The number of ketones is 1. The molecule has 1 aliphatic heterocycles. The average Bonchev–Trinajstić information content (AvgIpc) is 2.58. The highest BCUT2D eigenvalue weighted by atomic mass is 32.2. The van der Waals surface area contributed by atoms with Gasteiger partial charge in [0.25, 0.3) is 17.4 Å². The average molecular weight is 298 g/mol. The molecule has 0 fully saturated rings. The monoisotopic (exact) mass is 298 g/mol. The number of anilines is 1. The number of carbonyl (C=O) groups excluding carboxylic acids is 2. The van der Waals surface area contributed by atoms with Crippen LogP contribution in [0.15, 0.2) is 18.2 Å². The van der Waals surface area contributed by atoms with Crippen molar-refractivity contribution in [3.63, 3.8) is 0 Å². The number of hydrogen-bond donors (Lipinski definition) is 0. The van der Waals surface area contributed by atoms with Gasteiger partial charge in [-0.1, -0.05) is 0 Å². The number of non-ortho nitro benzene ring substituents is 1. The summed E-state index contributed by atoms with van der Waals surface area (Å²) in [5, 5.41) is 10.6. The lowest BCUT2D eigenvalue weighted by Crippen LogP contribution is -2.33. The van der Waals surface area contributed by atoms with Crippen LogP contribution in [0, 0.1) is 10.1 Å². The fourth-order valence-electron chi connectivity index (χ4n) is 1.88. The zero-order valence-corrected chi connectivity index (χ0v) is 11.2. The standard InChI is InChI=1S/C11H10N2O6S/c1-20(18,19)5-4-12-9-3-2-7(13(16)17)6-8(9)10(14)11(12)15/h2-3,6H,4-5H2,1H3. The molecule has 1 aliphatic rings. The predicted molar refractivity (Wildman–Crippen MR) is 69.5 cm³/mol. The first kappa shape index (κ1) is 14.1. The van der Waals surface area contributed by atoms with Gasteiger partial charge in [-0.05, 0) is 6.07 Å². The van der Waals surface area contributed by atoms with Gasteiger partial charge in [0.1, 0.15) is 9.84 Å². The Balaban J connectivity index is 2.38. The van der Waals surface area contributed by atoms with Crippen LogP contribution in [0.25, 0.3) is 0 Å². The van der Waals surface area contributed by atoms with E-state index in [0.717, 1.165) is 23.3 Å². The van der Waals surface area contributed by atoms with Gasteiger partial charge in [-0.25, -0.2) is 8.42 Å². The Morgan fingerprint density at radius 1 is 1.30 bits per heavy atom. The van der Waals surface area contributed by atoms with Crippen molar-refractivity contribution in [2.75, 3.05) is 23.5 Å². The van der Waals surface area contributed by atoms with Crippen molar-refractivity contribution in [3.8, 4) is 0 Å². The summed E-state index contributed by atoms with van der Waals surface area (Å²) < 4.78 is 22.2. The zero-order valence-electron chi connectivity index (χ0n) is 10.4. The molecule has 106 valence electrons. The maximum absolute atomic E-state index is 11.8. The van der Waals surface area contributed by atoms with E-state index in [0.29, 0.717) is 0 Å². The van der Waals surface area contributed by atoms with Crippen molar-refractivity contribution in [2.24, 2.45) is 0 Å². The Morgan fingerprint density at radius 2 is 1.95 bits per heavy atom. The predicted octanol–water partition coefficient (Wildman–Crippen LogP) is 0.169. The van der Waals surface area contributed by atoms with Gasteiger partial charge in [-0.3, -0.25) is 19.7 Å². The van der Waals surface area contributed by atoms with E-state index in [1.807, 2.05) is 0 Å². The molecule has 1 aromatic rings. The number of nitrogens with zero attached hydrogens (tertiary/aromatic N) is 2. The molecule has 20 heavy (non-hydrogen) atoms. The lowest BCUT2D eigenvalue weighted by Gasteiger charge is -2.15. The van der Waals surface area contributed by atoms with Crippen LogP contribution in [0.3, 0.4) is 0 Å². The summed E-state index contributed by atoms with van der Waals surface area (Å²) in [5.74, 6) is -2.02. The summed E-state index contributed by atoms with van der Waals surface area (Å²) in [7, 11) is -3.29. The summed E-state index contributed by atoms with van der Waals surface area (Å²) in [6.45, 7) is -0.159. The van der Waals surface area contributed by atoms with Crippen molar-refractivity contribution in [3.05, 3.63) is 33.9 Å². The largest absolute Gasteiger partial charge is 0.304 e. The quantitative estimate of drug-likeness (QED) is 0.444. The van der Waals surface area contributed by atoms with Crippen LogP contribution in [0.4, 0.5) is 11.4 Å². The minimum absolute atomic E-state index is 0.0716. The Morgan fingerprint density at radius 3 is 2.50 bits per heavy atom. The Hall–Kier alpha value is -2.29. The van der Waals surface area contributed by atoms with Crippen LogP contribution >= 0.6 is 0 Å². The molecule has 0 atom stereocenters. The molecule has 0 spiro atoms. The van der Waals surface area contributed by atoms with Gasteiger partial charge in [0, 0.05) is 24.9 Å². The third kappa shape index (κ3) is 2.52. The van der Waals surface area contributed by atoms with Gasteiger partial charge in [-0.15, -0.1) is 0 Å². The molecular weight excluding hydrogens is 288 g/mol. The molecule has 2 rings (SSSR count). The molecular formula is C11H10N2O6S. The number of fused-ring (bicyclic) bond motifs is 1. The Labute approximate surface area is 114 Å². The number of Topliss-reactive ketones (excluding diaryl/α,β-unsaturated/α-hetero) is 1. The van der Waals surface area contributed by atoms with E-state index in [1.165, 1.54) is 6.07 Å². The van der Waals surface area contributed by atoms with Crippen LogP contribution in [0.5, 0.6) is 0 Å². The van der Waals surface area contributed by atoms with Crippen molar-refractivity contribution < 1.29 is 22.9 Å². The molecule has 0 bridgehead atoms. The molecule has 0 radical (unpaired) electrons. The number of nitro groups is 1. The van der Waals surface area contributed by atoms with E-state index in [4.69, 9.17) is 0 Å². The van der Waals surface area contributed by atoms with Gasteiger partial charge < -0.3 is 4.90 Å². The maximum atomic E-state index is 11.8. The van der Waals surface area contributed by atoms with Crippen LogP contribution < -0.4 is 4.90 Å². The highest BCUT2D eigenvalue weighted by molar-refractivity contribution is 7.90. The second-order valence-electron chi connectivity index (χ2n) is 4.37. The van der Waals surface area contributed by atoms with Crippen molar-refractivity contribution >= 4 is 32.9 Å². The van der Waals surface area contributed by atoms with E-state index in [-0.39, 0.29) is 29.2 Å². The van der Waals surface area contributed by atoms with Crippen LogP contribution in [-0.4, -0.2) is 43.6 Å². The third-order valence-corrected chi connectivity index (χ3v) is 3.78. The fourth-order valence-corrected chi connectivity index (χ4v) is 2.40. The topological polar surface area (TPSA) is 115 Å². The highest BCUT2D eigenvalue weighted by Gasteiger charge is 2.37. The first-order valence-electron chi connectivity index (χ1n) is 5.53. The smallest absolute Gasteiger partial charge is 0.299 e. The second-order valence-corrected chi connectivity index (χ2v) is 6.63. The molecule has 1 amide bonds.